The Morgan fingerprint density at radius 2 is 2.19 bits per heavy atom. The van der Waals surface area contributed by atoms with Crippen molar-refractivity contribution in [2.75, 3.05) is 24.6 Å². The highest BCUT2D eigenvalue weighted by Crippen LogP contribution is 2.35. The van der Waals surface area contributed by atoms with Gasteiger partial charge in [-0.3, -0.25) is 9.78 Å². The summed E-state index contributed by atoms with van der Waals surface area (Å²) in [5.74, 6) is -1.10. The molecule has 2 aromatic rings. The molecule has 2 heterocycles. The smallest absolute Gasteiger partial charge is 0.341 e. The molecule has 1 atom stereocenters. The fourth-order valence-electron chi connectivity index (χ4n) is 3.84. The number of piperidine rings is 1. The van der Waals surface area contributed by atoms with Gasteiger partial charge in [0.15, 0.2) is 0 Å². The van der Waals surface area contributed by atoms with Gasteiger partial charge in [0.1, 0.15) is 11.4 Å². The van der Waals surface area contributed by atoms with E-state index in [1.54, 1.807) is 13.8 Å². The molecule has 0 bridgehead atoms. The van der Waals surface area contributed by atoms with Crippen LogP contribution in [0.3, 0.4) is 0 Å². The fourth-order valence-corrected chi connectivity index (χ4v) is 3.84. The average molecular weight is 373 g/mol. The molecule has 27 heavy (non-hydrogen) atoms. The number of pyridine rings is 1. The molecule has 6 nitrogen and oxygen atoms in total. The number of hydrogen-bond donors (Lipinski definition) is 1. The number of rotatable bonds is 5. The Morgan fingerprint density at radius 1 is 1.41 bits per heavy atom. The molecule has 3 rings (SSSR count). The minimum atomic E-state index is -0.485. The van der Waals surface area contributed by atoms with Crippen molar-refractivity contribution in [2.24, 2.45) is 11.7 Å². The van der Waals surface area contributed by atoms with Gasteiger partial charge in [-0.05, 0) is 50.3 Å². The Bertz CT molecular complexity index is 884. The van der Waals surface area contributed by atoms with E-state index in [1.807, 2.05) is 4.90 Å². The number of anilines is 1. The molecule has 1 aliphatic rings. The predicted molar refractivity (Wildman–Crippen MR) is 101 cm³/mol. The van der Waals surface area contributed by atoms with Gasteiger partial charge < -0.3 is 15.4 Å². The van der Waals surface area contributed by atoms with Crippen LogP contribution in [0.2, 0.25) is 0 Å². The van der Waals surface area contributed by atoms with Crippen molar-refractivity contribution in [1.29, 1.82) is 0 Å². The lowest BCUT2D eigenvalue weighted by atomic mass is 9.93. The Balaban J connectivity index is 2.13. The van der Waals surface area contributed by atoms with Crippen LogP contribution in [0.1, 0.15) is 42.1 Å². The van der Waals surface area contributed by atoms with E-state index in [4.69, 9.17) is 10.5 Å². The van der Waals surface area contributed by atoms with Crippen molar-refractivity contribution in [3.05, 3.63) is 35.3 Å². The van der Waals surface area contributed by atoms with Crippen molar-refractivity contribution in [3.8, 4) is 0 Å². The van der Waals surface area contributed by atoms with E-state index in [2.05, 4.69) is 4.98 Å². The lowest BCUT2D eigenvalue weighted by Crippen LogP contribution is -2.38. The third kappa shape index (κ3) is 4.02. The Kier molecular flexibility index (Phi) is 5.58. The number of carbonyl (C=O) groups excluding carboxylic acids is 2. The van der Waals surface area contributed by atoms with Gasteiger partial charge in [-0.2, -0.15) is 0 Å². The van der Waals surface area contributed by atoms with E-state index in [9.17, 15) is 14.0 Å². The molecule has 1 aliphatic heterocycles. The highest BCUT2D eigenvalue weighted by molar-refractivity contribution is 6.06. The SMILES string of the molecule is CCOC(=O)c1cnc2c(C)cc(F)cc2c1N1CCCC(CC(N)=O)C1. The number of primary amides is 1. The van der Waals surface area contributed by atoms with E-state index >= 15 is 0 Å². The summed E-state index contributed by atoms with van der Waals surface area (Å²) in [5, 5.41) is 0.581. The molecular weight excluding hydrogens is 349 g/mol. The summed E-state index contributed by atoms with van der Waals surface area (Å²) in [7, 11) is 0. The van der Waals surface area contributed by atoms with E-state index in [-0.39, 0.29) is 24.2 Å². The number of aromatic nitrogens is 1. The molecule has 1 aromatic carbocycles. The molecule has 0 radical (unpaired) electrons. The summed E-state index contributed by atoms with van der Waals surface area (Å²) >= 11 is 0. The Labute approximate surface area is 157 Å². The first-order valence-corrected chi connectivity index (χ1v) is 9.20. The largest absolute Gasteiger partial charge is 0.462 e. The second-order valence-corrected chi connectivity index (χ2v) is 6.98. The third-order valence-corrected chi connectivity index (χ3v) is 4.92. The maximum Gasteiger partial charge on any atom is 0.341 e. The van der Waals surface area contributed by atoms with Crippen molar-refractivity contribution in [1.82, 2.24) is 4.98 Å². The highest BCUT2D eigenvalue weighted by Gasteiger charge is 2.27. The van der Waals surface area contributed by atoms with Crippen LogP contribution in [0.15, 0.2) is 18.3 Å². The predicted octanol–water partition coefficient (Wildman–Crippen LogP) is 2.95. The summed E-state index contributed by atoms with van der Waals surface area (Å²) in [6, 6.07) is 2.83. The number of nitrogens with zero attached hydrogens (tertiary/aromatic N) is 2. The summed E-state index contributed by atoms with van der Waals surface area (Å²) in [6.07, 6.45) is 3.54. The van der Waals surface area contributed by atoms with E-state index in [1.165, 1.54) is 18.3 Å². The molecule has 1 aromatic heterocycles. The molecule has 1 saturated heterocycles. The second-order valence-electron chi connectivity index (χ2n) is 6.98. The lowest BCUT2D eigenvalue weighted by Gasteiger charge is -2.35. The van der Waals surface area contributed by atoms with E-state index in [0.717, 1.165) is 12.8 Å². The molecule has 144 valence electrons. The second kappa shape index (κ2) is 7.90. The van der Waals surface area contributed by atoms with Crippen LogP contribution in [0.5, 0.6) is 0 Å². The number of hydrogen-bond acceptors (Lipinski definition) is 5. The van der Waals surface area contributed by atoms with Crippen LogP contribution in [0.4, 0.5) is 10.1 Å². The summed E-state index contributed by atoms with van der Waals surface area (Å²) in [6.45, 7) is 5.04. The zero-order valence-corrected chi connectivity index (χ0v) is 15.6. The molecule has 0 saturated carbocycles. The maximum atomic E-state index is 14.2. The van der Waals surface area contributed by atoms with Crippen LogP contribution >= 0.6 is 0 Å². The molecule has 1 amide bonds. The van der Waals surface area contributed by atoms with Gasteiger partial charge >= 0.3 is 5.97 Å². The lowest BCUT2D eigenvalue weighted by molar-refractivity contribution is -0.118. The Morgan fingerprint density at radius 3 is 2.89 bits per heavy atom. The number of benzene rings is 1. The van der Waals surface area contributed by atoms with Gasteiger partial charge in [-0.25, -0.2) is 9.18 Å². The first kappa shape index (κ1) is 19.1. The zero-order chi connectivity index (χ0) is 19.6. The van der Waals surface area contributed by atoms with Crippen molar-refractivity contribution >= 4 is 28.5 Å². The van der Waals surface area contributed by atoms with Crippen LogP contribution in [0, 0.1) is 18.7 Å². The number of halogens is 1. The normalized spacial score (nSPS) is 17.1. The number of fused-ring (bicyclic) bond motifs is 1. The first-order valence-electron chi connectivity index (χ1n) is 9.20. The first-order chi connectivity index (χ1) is 12.9. The van der Waals surface area contributed by atoms with Crippen LogP contribution in [0.25, 0.3) is 10.9 Å². The number of nitrogens with two attached hydrogens (primary N) is 1. The number of esters is 1. The van der Waals surface area contributed by atoms with Crippen LogP contribution < -0.4 is 10.6 Å². The van der Waals surface area contributed by atoms with Crippen LogP contribution in [-0.2, 0) is 9.53 Å². The number of carbonyl (C=O) groups is 2. The summed E-state index contributed by atoms with van der Waals surface area (Å²) in [4.78, 5) is 30.3. The summed E-state index contributed by atoms with van der Waals surface area (Å²) in [5.41, 5.74) is 7.65. The number of amides is 1. The molecular formula is C20H24FN3O3. The standard InChI is InChI=1S/C20H24FN3O3/c1-3-27-20(26)16-10-23-18-12(2)7-14(21)9-15(18)19(16)24-6-4-5-13(11-24)8-17(22)25/h7,9-10,13H,3-6,8,11H2,1-2H3,(H2,22,25). The zero-order valence-electron chi connectivity index (χ0n) is 15.6. The molecule has 1 fully saturated rings. The maximum absolute atomic E-state index is 14.2. The summed E-state index contributed by atoms with van der Waals surface area (Å²) < 4.78 is 19.3. The molecule has 1 unspecified atom stereocenters. The quantitative estimate of drug-likeness (QED) is 0.815. The molecule has 0 aliphatic carbocycles. The molecule has 7 heteroatoms. The minimum absolute atomic E-state index is 0.101. The molecule has 2 N–H and O–H groups in total. The number of aryl methyl sites for hydroxylation is 1. The van der Waals surface area contributed by atoms with Crippen molar-refractivity contribution in [3.63, 3.8) is 0 Å². The monoisotopic (exact) mass is 373 g/mol. The Hall–Kier alpha value is -2.70. The van der Waals surface area contributed by atoms with Gasteiger partial charge in [-0.1, -0.05) is 0 Å². The number of ether oxygens (including phenoxy) is 1. The van der Waals surface area contributed by atoms with Gasteiger partial charge in [0.25, 0.3) is 0 Å². The average Bonchev–Trinajstić information content (AvgIpc) is 2.60. The highest BCUT2D eigenvalue weighted by atomic mass is 19.1. The third-order valence-electron chi connectivity index (χ3n) is 4.92. The van der Waals surface area contributed by atoms with Gasteiger partial charge in [0.05, 0.1) is 17.8 Å². The fraction of sp³-hybridized carbons (Fsp3) is 0.450. The van der Waals surface area contributed by atoms with Crippen molar-refractivity contribution < 1.29 is 18.7 Å². The van der Waals surface area contributed by atoms with Crippen LogP contribution in [-0.4, -0.2) is 36.6 Å². The topological polar surface area (TPSA) is 85.5 Å². The van der Waals surface area contributed by atoms with Crippen molar-refractivity contribution in [2.45, 2.75) is 33.1 Å². The van der Waals surface area contributed by atoms with Gasteiger partial charge in [-0.15, -0.1) is 0 Å². The molecule has 0 spiro atoms. The van der Waals surface area contributed by atoms with E-state index in [0.29, 0.717) is 47.2 Å². The van der Waals surface area contributed by atoms with Gasteiger partial charge in [0.2, 0.25) is 5.91 Å². The minimum Gasteiger partial charge on any atom is -0.462 e. The van der Waals surface area contributed by atoms with Gasteiger partial charge in [0, 0.05) is 31.1 Å². The van der Waals surface area contributed by atoms with E-state index < -0.39 is 5.97 Å².